The molecule has 2 amide bonds. The normalized spacial score (nSPS) is 31.6. The van der Waals surface area contributed by atoms with Crippen molar-refractivity contribution in [1.82, 2.24) is 10.2 Å². The molecule has 4 nitrogen and oxygen atoms in total. The molecule has 138 valence electrons. The molecule has 26 heavy (non-hydrogen) atoms. The Bertz CT molecular complexity index is 723. The van der Waals surface area contributed by atoms with Crippen molar-refractivity contribution in [1.29, 1.82) is 0 Å². The smallest absolute Gasteiger partial charge is 0.251 e. The molecule has 0 aromatic heterocycles. The lowest BCUT2D eigenvalue weighted by Crippen LogP contribution is -2.55. The van der Waals surface area contributed by atoms with Crippen molar-refractivity contribution in [3.63, 3.8) is 0 Å². The zero-order valence-corrected chi connectivity index (χ0v) is 15.6. The summed E-state index contributed by atoms with van der Waals surface area (Å²) >= 11 is 0. The first kappa shape index (κ1) is 16.3. The average molecular weight is 352 g/mol. The maximum absolute atomic E-state index is 12.6. The summed E-state index contributed by atoms with van der Waals surface area (Å²) in [7, 11) is 0. The fourth-order valence-electron chi connectivity index (χ4n) is 5.30. The first-order chi connectivity index (χ1) is 12.5. The van der Waals surface area contributed by atoms with E-state index in [1.165, 1.54) is 37.7 Å². The molecule has 1 saturated heterocycles. The van der Waals surface area contributed by atoms with Crippen LogP contribution in [0.5, 0.6) is 0 Å². The number of amides is 2. The van der Waals surface area contributed by atoms with Crippen LogP contribution in [0.1, 0.15) is 67.8 Å². The summed E-state index contributed by atoms with van der Waals surface area (Å²) in [5, 5.41) is 2.90. The Morgan fingerprint density at radius 2 is 1.65 bits per heavy atom. The van der Waals surface area contributed by atoms with Gasteiger partial charge in [0.1, 0.15) is 6.04 Å². The second-order valence-corrected chi connectivity index (χ2v) is 9.36. The van der Waals surface area contributed by atoms with Crippen LogP contribution in [0.4, 0.5) is 0 Å². The summed E-state index contributed by atoms with van der Waals surface area (Å²) in [6.45, 7) is 3.49. The van der Waals surface area contributed by atoms with Crippen LogP contribution >= 0.6 is 0 Å². The van der Waals surface area contributed by atoms with Gasteiger partial charge in [-0.25, -0.2) is 0 Å². The summed E-state index contributed by atoms with van der Waals surface area (Å²) in [6, 6.07) is 7.58. The van der Waals surface area contributed by atoms with Crippen molar-refractivity contribution in [3.8, 4) is 0 Å². The van der Waals surface area contributed by atoms with Crippen molar-refractivity contribution < 1.29 is 9.59 Å². The minimum atomic E-state index is -0.465. The van der Waals surface area contributed by atoms with Gasteiger partial charge in [0.25, 0.3) is 5.91 Å². The molecule has 1 aromatic rings. The second-order valence-electron chi connectivity index (χ2n) is 9.36. The molecule has 0 unspecified atom stereocenters. The van der Waals surface area contributed by atoms with Crippen LogP contribution in [0.2, 0.25) is 0 Å². The third kappa shape index (κ3) is 2.57. The van der Waals surface area contributed by atoms with Crippen molar-refractivity contribution in [3.05, 3.63) is 35.4 Å². The van der Waals surface area contributed by atoms with Crippen LogP contribution in [0.3, 0.4) is 0 Å². The van der Waals surface area contributed by atoms with E-state index in [0.29, 0.717) is 16.4 Å². The van der Waals surface area contributed by atoms with Crippen molar-refractivity contribution in [2.75, 3.05) is 13.1 Å². The molecule has 1 aromatic carbocycles. The van der Waals surface area contributed by atoms with E-state index in [1.807, 2.05) is 17.0 Å². The van der Waals surface area contributed by atoms with E-state index in [4.69, 9.17) is 0 Å². The van der Waals surface area contributed by atoms with Gasteiger partial charge in [0, 0.05) is 18.7 Å². The maximum atomic E-state index is 12.6. The van der Waals surface area contributed by atoms with E-state index >= 15 is 0 Å². The third-order valence-corrected chi connectivity index (χ3v) is 7.61. The van der Waals surface area contributed by atoms with Crippen LogP contribution < -0.4 is 5.32 Å². The SMILES string of the molecule is C[C@@H](NC(=O)c1ccc(C23CC(C2)C3)cc1)C(=O)N1CCC2(CC1)CC2. The first-order valence-electron chi connectivity index (χ1n) is 10.2. The molecular weight excluding hydrogens is 324 g/mol. The molecule has 5 aliphatic rings. The molecule has 6 rings (SSSR count). The maximum Gasteiger partial charge on any atom is 0.251 e. The number of nitrogens with zero attached hydrogens (tertiary/aromatic N) is 1. The molecule has 5 fully saturated rings. The Morgan fingerprint density at radius 3 is 2.15 bits per heavy atom. The lowest BCUT2D eigenvalue weighted by Gasteiger charge is -2.62. The Morgan fingerprint density at radius 1 is 1.04 bits per heavy atom. The van der Waals surface area contributed by atoms with Gasteiger partial charge in [0.05, 0.1) is 0 Å². The fraction of sp³-hybridized carbons (Fsp3) is 0.636. The Balaban J connectivity index is 1.17. The molecule has 1 N–H and O–H groups in total. The average Bonchev–Trinajstić information content (AvgIpc) is 3.32. The van der Waals surface area contributed by atoms with E-state index in [1.54, 1.807) is 6.92 Å². The van der Waals surface area contributed by atoms with Crippen molar-refractivity contribution in [2.45, 2.75) is 63.3 Å². The summed E-state index contributed by atoms with van der Waals surface area (Å²) in [5.41, 5.74) is 3.01. The highest BCUT2D eigenvalue weighted by Crippen LogP contribution is 2.65. The zero-order valence-electron chi connectivity index (χ0n) is 15.6. The number of likely N-dealkylation sites (tertiary alicyclic amines) is 1. The van der Waals surface area contributed by atoms with Gasteiger partial charge in [0.2, 0.25) is 5.91 Å². The minimum Gasteiger partial charge on any atom is -0.341 e. The predicted octanol–water partition coefficient (Wildman–Crippen LogP) is 3.26. The number of hydrogen-bond acceptors (Lipinski definition) is 2. The van der Waals surface area contributed by atoms with Gasteiger partial charge in [-0.2, -0.15) is 0 Å². The van der Waals surface area contributed by atoms with Gasteiger partial charge in [-0.1, -0.05) is 12.1 Å². The predicted molar refractivity (Wildman–Crippen MR) is 99.9 cm³/mol. The van der Waals surface area contributed by atoms with E-state index in [0.717, 1.165) is 31.8 Å². The number of benzene rings is 1. The fourth-order valence-corrected chi connectivity index (χ4v) is 5.30. The number of piperidine rings is 1. The lowest BCUT2D eigenvalue weighted by molar-refractivity contribution is -0.134. The largest absolute Gasteiger partial charge is 0.341 e. The van der Waals surface area contributed by atoms with Gasteiger partial charge in [-0.05, 0) is 86.3 Å². The number of carbonyl (C=O) groups excluding carboxylic acids is 2. The summed E-state index contributed by atoms with van der Waals surface area (Å²) in [6.07, 6.45) is 8.88. The molecule has 2 bridgehead atoms. The third-order valence-electron chi connectivity index (χ3n) is 7.61. The monoisotopic (exact) mass is 352 g/mol. The van der Waals surface area contributed by atoms with Crippen molar-refractivity contribution >= 4 is 11.8 Å². The van der Waals surface area contributed by atoms with Gasteiger partial charge in [-0.3, -0.25) is 9.59 Å². The van der Waals surface area contributed by atoms with Gasteiger partial charge < -0.3 is 10.2 Å². The van der Waals surface area contributed by atoms with Gasteiger partial charge in [-0.15, -0.1) is 0 Å². The molecular formula is C22H28N2O2. The summed E-state index contributed by atoms with van der Waals surface area (Å²) < 4.78 is 0. The van der Waals surface area contributed by atoms with Gasteiger partial charge in [0.15, 0.2) is 0 Å². The van der Waals surface area contributed by atoms with Crippen LogP contribution in [-0.4, -0.2) is 35.8 Å². The van der Waals surface area contributed by atoms with Crippen LogP contribution in [0.25, 0.3) is 0 Å². The van der Waals surface area contributed by atoms with E-state index in [2.05, 4.69) is 17.4 Å². The van der Waals surface area contributed by atoms with E-state index in [-0.39, 0.29) is 11.8 Å². The van der Waals surface area contributed by atoms with Crippen LogP contribution in [0.15, 0.2) is 24.3 Å². The molecule has 1 aliphatic heterocycles. The van der Waals surface area contributed by atoms with Crippen LogP contribution in [-0.2, 0) is 10.2 Å². The summed E-state index contributed by atoms with van der Waals surface area (Å²) in [4.78, 5) is 27.1. The Kier molecular flexibility index (Phi) is 3.51. The molecule has 1 spiro atoms. The zero-order chi connectivity index (χ0) is 17.9. The Hall–Kier alpha value is -1.84. The molecule has 4 aliphatic carbocycles. The van der Waals surface area contributed by atoms with E-state index < -0.39 is 6.04 Å². The molecule has 0 radical (unpaired) electrons. The Labute approximate surface area is 155 Å². The van der Waals surface area contributed by atoms with Crippen LogP contribution in [0, 0.1) is 11.3 Å². The molecule has 4 heteroatoms. The molecule has 4 saturated carbocycles. The standard InChI is InChI=1S/C22H28N2O2/c1-15(20(26)24-10-8-21(6-7-21)9-11-24)23-19(25)17-2-4-18(5-3-17)22-12-16(13-22)14-22/h2-5,15-16H,6-14H2,1H3,(H,23,25)/t15-,16?,22?/m1/s1. The first-order valence-corrected chi connectivity index (χ1v) is 10.2. The number of nitrogens with one attached hydrogen (secondary N) is 1. The highest BCUT2D eigenvalue weighted by molar-refractivity contribution is 5.97. The highest BCUT2D eigenvalue weighted by atomic mass is 16.2. The van der Waals surface area contributed by atoms with Crippen molar-refractivity contribution in [2.24, 2.45) is 11.3 Å². The quantitative estimate of drug-likeness (QED) is 0.904. The van der Waals surface area contributed by atoms with Gasteiger partial charge >= 0.3 is 0 Å². The second kappa shape index (κ2) is 5.58. The molecule has 1 atom stereocenters. The lowest BCUT2D eigenvalue weighted by atomic mass is 9.42. The molecule has 1 heterocycles. The minimum absolute atomic E-state index is 0.0549. The highest BCUT2D eigenvalue weighted by Gasteiger charge is 2.57. The number of hydrogen-bond donors (Lipinski definition) is 1. The number of rotatable bonds is 4. The summed E-state index contributed by atoms with van der Waals surface area (Å²) in [5.74, 6) is 0.861. The topological polar surface area (TPSA) is 49.4 Å². The number of carbonyl (C=O) groups is 2. The van der Waals surface area contributed by atoms with E-state index in [9.17, 15) is 9.59 Å².